The van der Waals surface area contributed by atoms with E-state index in [0.717, 1.165) is 18.0 Å². The second-order valence-electron chi connectivity index (χ2n) is 4.33. The van der Waals surface area contributed by atoms with E-state index < -0.39 is 0 Å². The summed E-state index contributed by atoms with van der Waals surface area (Å²) in [6.45, 7) is 3.91. The molecule has 0 fully saturated rings. The van der Waals surface area contributed by atoms with E-state index in [0.29, 0.717) is 12.5 Å². The SMILES string of the molecule is COc1ccccc1OC[C@H](C)CN(C)C. The maximum atomic E-state index is 5.74. The molecule has 1 aromatic carbocycles. The number of hydrogen-bond acceptors (Lipinski definition) is 3. The Morgan fingerprint density at radius 1 is 1.19 bits per heavy atom. The second kappa shape index (κ2) is 6.38. The molecule has 0 saturated heterocycles. The fourth-order valence-corrected chi connectivity index (χ4v) is 1.65. The van der Waals surface area contributed by atoms with Crippen molar-refractivity contribution in [3.63, 3.8) is 0 Å². The molecule has 3 heteroatoms. The van der Waals surface area contributed by atoms with Gasteiger partial charge in [-0.2, -0.15) is 0 Å². The molecule has 0 aromatic heterocycles. The molecule has 16 heavy (non-hydrogen) atoms. The fraction of sp³-hybridized carbons (Fsp3) is 0.538. The van der Waals surface area contributed by atoms with Gasteiger partial charge in [0.1, 0.15) is 0 Å². The summed E-state index contributed by atoms with van der Waals surface area (Å²) in [7, 11) is 5.80. The van der Waals surface area contributed by atoms with Crippen molar-refractivity contribution in [2.45, 2.75) is 6.92 Å². The zero-order valence-electron chi connectivity index (χ0n) is 10.6. The molecule has 90 valence electrons. The van der Waals surface area contributed by atoms with Gasteiger partial charge in [-0.05, 0) is 26.2 Å². The van der Waals surface area contributed by atoms with E-state index in [9.17, 15) is 0 Å². The molecule has 3 nitrogen and oxygen atoms in total. The minimum atomic E-state index is 0.500. The maximum absolute atomic E-state index is 5.74. The molecular weight excluding hydrogens is 202 g/mol. The average molecular weight is 223 g/mol. The van der Waals surface area contributed by atoms with Gasteiger partial charge in [0.05, 0.1) is 13.7 Å². The third-order valence-electron chi connectivity index (χ3n) is 2.27. The van der Waals surface area contributed by atoms with E-state index in [1.54, 1.807) is 7.11 Å². The molecule has 0 heterocycles. The standard InChI is InChI=1S/C13H21NO2/c1-11(9-14(2)3)10-16-13-8-6-5-7-12(13)15-4/h5-8,11H,9-10H2,1-4H3/t11-/m1/s1. The molecule has 0 amide bonds. The smallest absolute Gasteiger partial charge is 0.161 e. The van der Waals surface area contributed by atoms with Crippen LogP contribution in [0.1, 0.15) is 6.92 Å². The first-order valence-corrected chi connectivity index (χ1v) is 5.54. The van der Waals surface area contributed by atoms with E-state index >= 15 is 0 Å². The van der Waals surface area contributed by atoms with Crippen LogP contribution >= 0.6 is 0 Å². The number of hydrogen-bond donors (Lipinski definition) is 0. The lowest BCUT2D eigenvalue weighted by molar-refractivity contribution is 0.215. The largest absolute Gasteiger partial charge is 0.493 e. The Morgan fingerprint density at radius 2 is 1.81 bits per heavy atom. The van der Waals surface area contributed by atoms with Crippen molar-refractivity contribution < 1.29 is 9.47 Å². The Labute approximate surface area is 98.0 Å². The highest BCUT2D eigenvalue weighted by Crippen LogP contribution is 2.26. The van der Waals surface area contributed by atoms with E-state index in [2.05, 4.69) is 25.9 Å². The summed E-state index contributed by atoms with van der Waals surface area (Å²) in [4.78, 5) is 2.16. The zero-order chi connectivity index (χ0) is 12.0. The van der Waals surface area contributed by atoms with Gasteiger partial charge in [-0.3, -0.25) is 0 Å². The molecule has 1 aromatic rings. The van der Waals surface area contributed by atoms with Gasteiger partial charge in [-0.1, -0.05) is 19.1 Å². The summed E-state index contributed by atoms with van der Waals surface area (Å²) < 4.78 is 11.0. The summed E-state index contributed by atoms with van der Waals surface area (Å²) in [5.41, 5.74) is 0. The predicted octanol–water partition coefficient (Wildman–Crippen LogP) is 2.27. The highest BCUT2D eigenvalue weighted by molar-refractivity contribution is 5.39. The van der Waals surface area contributed by atoms with Crippen LogP contribution in [-0.4, -0.2) is 39.3 Å². The Morgan fingerprint density at radius 3 is 2.38 bits per heavy atom. The van der Waals surface area contributed by atoms with Crippen LogP contribution in [0.4, 0.5) is 0 Å². The number of rotatable bonds is 6. The monoisotopic (exact) mass is 223 g/mol. The molecule has 0 saturated carbocycles. The molecule has 1 atom stereocenters. The van der Waals surface area contributed by atoms with Crippen LogP contribution in [-0.2, 0) is 0 Å². The first-order chi connectivity index (χ1) is 7.63. The fourth-order valence-electron chi connectivity index (χ4n) is 1.65. The van der Waals surface area contributed by atoms with Crippen molar-refractivity contribution in [2.24, 2.45) is 5.92 Å². The van der Waals surface area contributed by atoms with Gasteiger partial charge in [0, 0.05) is 12.5 Å². The summed E-state index contributed by atoms with van der Waals surface area (Å²) in [6.07, 6.45) is 0. The lowest BCUT2D eigenvalue weighted by Gasteiger charge is -2.18. The van der Waals surface area contributed by atoms with E-state index in [4.69, 9.17) is 9.47 Å². The summed E-state index contributed by atoms with van der Waals surface area (Å²) in [5, 5.41) is 0. The number of ether oxygens (including phenoxy) is 2. The number of nitrogens with zero attached hydrogens (tertiary/aromatic N) is 1. The van der Waals surface area contributed by atoms with Gasteiger partial charge in [-0.15, -0.1) is 0 Å². The minimum absolute atomic E-state index is 0.500. The van der Waals surface area contributed by atoms with Gasteiger partial charge in [0.25, 0.3) is 0 Å². The van der Waals surface area contributed by atoms with Crippen molar-refractivity contribution in [1.29, 1.82) is 0 Å². The van der Waals surface area contributed by atoms with Crippen molar-refractivity contribution in [2.75, 3.05) is 34.4 Å². The Balaban J connectivity index is 2.47. The summed E-state index contributed by atoms with van der Waals surface area (Å²) >= 11 is 0. The number of methoxy groups -OCH3 is 1. The van der Waals surface area contributed by atoms with Gasteiger partial charge in [0.15, 0.2) is 11.5 Å². The molecule has 0 spiro atoms. The van der Waals surface area contributed by atoms with Gasteiger partial charge in [0.2, 0.25) is 0 Å². The number of benzene rings is 1. The Hall–Kier alpha value is -1.22. The third-order valence-corrected chi connectivity index (χ3v) is 2.27. The Kier molecular flexibility index (Phi) is 5.12. The topological polar surface area (TPSA) is 21.7 Å². The van der Waals surface area contributed by atoms with Crippen LogP contribution in [0.15, 0.2) is 24.3 Å². The molecule has 0 aliphatic heterocycles. The summed E-state index contributed by atoms with van der Waals surface area (Å²) in [6, 6.07) is 7.73. The van der Waals surface area contributed by atoms with Crippen LogP contribution in [0.3, 0.4) is 0 Å². The molecule has 0 unspecified atom stereocenters. The van der Waals surface area contributed by atoms with Crippen molar-refractivity contribution >= 4 is 0 Å². The maximum Gasteiger partial charge on any atom is 0.161 e. The van der Waals surface area contributed by atoms with Gasteiger partial charge >= 0.3 is 0 Å². The summed E-state index contributed by atoms with van der Waals surface area (Å²) in [5.74, 6) is 2.11. The first-order valence-electron chi connectivity index (χ1n) is 5.54. The van der Waals surface area contributed by atoms with E-state index in [1.807, 2.05) is 24.3 Å². The lowest BCUT2D eigenvalue weighted by atomic mass is 10.2. The van der Waals surface area contributed by atoms with Gasteiger partial charge in [-0.25, -0.2) is 0 Å². The van der Waals surface area contributed by atoms with Crippen molar-refractivity contribution in [3.05, 3.63) is 24.3 Å². The average Bonchev–Trinajstić information content (AvgIpc) is 2.26. The van der Waals surface area contributed by atoms with Gasteiger partial charge < -0.3 is 14.4 Å². The van der Waals surface area contributed by atoms with Crippen LogP contribution in [0.25, 0.3) is 0 Å². The first kappa shape index (κ1) is 12.8. The van der Waals surface area contributed by atoms with Crippen LogP contribution in [0.2, 0.25) is 0 Å². The molecule has 0 N–H and O–H groups in total. The van der Waals surface area contributed by atoms with Crippen LogP contribution in [0.5, 0.6) is 11.5 Å². The zero-order valence-corrected chi connectivity index (χ0v) is 10.6. The third kappa shape index (κ3) is 4.11. The molecule has 0 radical (unpaired) electrons. The molecule has 0 bridgehead atoms. The molecule has 1 rings (SSSR count). The van der Waals surface area contributed by atoms with Crippen LogP contribution < -0.4 is 9.47 Å². The van der Waals surface area contributed by atoms with E-state index in [-0.39, 0.29) is 0 Å². The number of para-hydroxylation sites is 2. The van der Waals surface area contributed by atoms with Crippen molar-refractivity contribution in [3.8, 4) is 11.5 Å². The Bertz CT molecular complexity index is 313. The highest BCUT2D eigenvalue weighted by atomic mass is 16.5. The lowest BCUT2D eigenvalue weighted by Crippen LogP contribution is -2.24. The quantitative estimate of drug-likeness (QED) is 0.738. The highest BCUT2D eigenvalue weighted by Gasteiger charge is 2.07. The molecular formula is C13H21NO2. The van der Waals surface area contributed by atoms with Crippen LogP contribution in [0, 0.1) is 5.92 Å². The molecule has 0 aliphatic rings. The normalized spacial score (nSPS) is 12.6. The van der Waals surface area contributed by atoms with Crippen molar-refractivity contribution in [1.82, 2.24) is 4.90 Å². The minimum Gasteiger partial charge on any atom is -0.493 e. The second-order valence-corrected chi connectivity index (χ2v) is 4.33. The molecule has 0 aliphatic carbocycles. The predicted molar refractivity (Wildman–Crippen MR) is 66.2 cm³/mol. The van der Waals surface area contributed by atoms with E-state index in [1.165, 1.54) is 0 Å².